The zero-order valence-corrected chi connectivity index (χ0v) is 13.2. The van der Waals surface area contributed by atoms with E-state index in [1.165, 1.54) is 12.1 Å². The Morgan fingerprint density at radius 3 is 3.00 bits per heavy atom. The van der Waals surface area contributed by atoms with Gasteiger partial charge in [0.1, 0.15) is 5.75 Å². The Morgan fingerprint density at radius 2 is 2.25 bits per heavy atom. The van der Waals surface area contributed by atoms with Crippen molar-refractivity contribution in [1.29, 1.82) is 0 Å². The van der Waals surface area contributed by atoms with Crippen LogP contribution in [0.3, 0.4) is 0 Å². The molecule has 2 aromatic rings. The molecule has 2 rings (SSSR count). The topological polar surface area (TPSA) is 130 Å². The van der Waals surface area contributed by atoms with Crippen molar-refractivity contribution < 1.29 is 24.3 Å². The van der Waals surface area contributed by atoms with Crippen molar-refractivity contribution in [2.75, 3.05) is 20.3 Å². The van der Waals surface area contributed by atoms with E-state index < -0.39 is 12.1 Å². The van der Waals surface area contributed by atoms with E-state index in [2.05, 4.69) is 20.8 Å². The zero-order valence-electron chi connectivity index (χ0n) is 13.2. The molecule has 0 spiro atoms. The summed E-state index contributed by atoms with van der Waals surface area (Å²) < 4.78 is 9.89. The maximum atomic E-state index is 11.7. The molecule has 9 nitrogen and oxygen atoms in total. The van der Waals surface area contributed by atoms with Crippen LogP contribution in [0, 0.1) is 0 Å². The zero-order chi connectivity index (χ0) is 17.4. The van der Waals surface area contributed by atoms with E-state index >= 15 is 0 Å². The number of aromatic nitrogens is 2. The molecule has 130 valence electrons. The first-order valence-electron chi connectivity index (χ1n) is 7.37. The highest BCUT2D eigenvalue weighted by Gasteiger charge is 2.11. The van der Waals surface area contributed by atoms with E-state index in [0.29, 0.717) is 24.4 Å². The van der Waals surface area contributed by atoms with Crippen molar-refractivity contribution in [3.05, 3.63) is 41.5 Å². The average Bonchev–Trinajstić information content (AvgIpc) is 3.03. The standard InChI is InChI=1S/C15H20N4O5/c1-23-6-5-13-18-14(24-19-13)9-17-15(22)16-8-12(21)10-3-2-4-11(20)7-10/h2-4,7,12,20-21H,5-6,8-9H2,1H3,(H2,16,17,22)/t12-/m1/s1. The predicted octanol–water partition coefficient (Wildman–Crippen LogP) is 0.497. The van der Waals surface area contributed by atoms with Gasteiger partial charge in [-0.25, -0.2) is 4.79 Å². The van der Waals surface area contributed by atoms with Crippen molar-refractivity contribution in [2.45, 2.75) is 19.1 Å². The Balaban J connectivity index is 1.72. The van der Waals surface area contributed by atoms with E-state index in [4.69, 9.17) is 9.26 Å². The summed E-state index contributed by atoms with van der Waals surface area (Å²) in [6, 6.07) is 5.73. The van der Waals surface area contributed by atoms with Crippen molar-refractivity contribution in [1.82, 2.24) is 20.8 Å². The third-order valence-electron chi connectivity index (χ3n) is 3.15. The lowest BCUT2D eigenvalue weighted by Crippen LogP contribution is -2.37. The van der Waals surface area contributed by atoms with E-state index in [0.717, 1.165) is 0 Å². The number of carbonyl (C=O) groups excluding carboxylic acids is 1. The van der Waals surface area contributed by atoms with Crippen LogP contribution in [-0.4, -0.2) is 46.6 Å². The average molecular weight is 336 g/mol. The van der Waals surface area contributed by atoms with Gasteiger partial charge in [-0.2, -0.15) is 4.98 Å². The monoisotopic (exact) mass is 336 g/mol. The van der Waals surface area contributed by atoms with Crippen LogP contribution in [0.25, 0.3) is 0 Å². The van der Waals surface area contributed by atoms with Crippen LogP contribution in [0.5, 0.6) is 5.75 Å². The Hall–Kier alpha value is -2.65. The van der Waals surface area contributed by atoms with Crippen LogP contribution in [0.1, 0.15) is 23.4 Å². The van der Waals surface area contributed by atoms with Gasteiger partial charge in [0.2, 0.25) is 5.89 Å². The first kappa shape index (κ1) is 17.7. The molecule has 0 radical (unpaired) electrons. The summed E-state index contributed by atoms with van der Waals surface area (Å²) in [6.45, 7) is 0.562. The summed E-state index contributed by atoms with van der Waals surface area (Å²) in [7, 11) is 1.58. The second kappa shape index (κ2) is 8.85. The summed E-state index contributed by atoms with van der Waals surface area (Å²) in [4.78, 5) is 15.8. The van der Waals surface area contributed by atoms with E-state index in [1.54, 1.807) is 19.2 Å². The summed E-state index contributed by atoms with van der Waals surface area (Å²) in [6.07, 6.45) is -0.394. The molecule has 0 fully saturated rings. The first-order chi connectivity index (χ1) is 11.6. The molecular weight excluding hydrogens is 316 g/mol. The van der Waals surface area contributed by atoms with Gasteiger partial charge in [-0.05, 0) is 17.7 Å². The number of aliphatic hydroxyl groups is 1. The second-order valence-corrected chi connectivity index (χ2v) is 5.02. The summed E-state index contributed by atoms with van der Waals surface area (Å²) >= 11 is 0. The molecule has 2 amide bonds. The number of rotatable bonds is 8. The normalized spacial score (nSPS) is 11.9. The number of ether oxygens (including phenoxy) is 1. The minimum Gasteiger partial charge on any atom is -0.508 e. The predicted molar refractivity (Wildman–Crippen MR) is 83.2 cm³/mol. The molecule has 4 N–H and O–H groups in total. The van der Waals surface area contributed by atoms with Crippen molar-refractivity contribution in [2.24, 2.45) is 0 Å². The molecular formula is C15H20N4O5. The smallest absolute Gasteiger partial charge is 0.315 e. The quantitative estimate of drug-likeness (QED) is 0.552. The Morgan fingerprint density at radius 1 is 1.42 bits per heavy atom. The number of nitrogens with zero attached hydrogens (tertiary/aromatic N) is 2. The lowest BCUT2D eigenvalue weighted by molar-refractivity contribution is 0.172. The number of hydrogen-bond acceptors (Lipinski definition) is 7. The number of hydrogen-bond donors (Lipinski definition) is 4. The number of urea groups is 1. The molecule has 0 saturated heterocycles. The molecule has 0 unspecified atom stereocenters. The molecule has 1 aromatic heterocycles. The lowest BCUT2D eigenvalue weighted by Gasteiger charge is -2.12. The van der Waals surface area contributed by atoms with Gasteiger partial charge in [0.05, 0.1) is 19.3 Å². The van der Waals surface area contributed by atoms with Crippen LogP contribution in [0.15, 0.2) is 28.8 Å². The van der Waals surface area contributed by atoms with Crippen LogP contribution < -0.4 is 10.6 Å². The van der Waals surface area contributed by atoms with Gasteiger partial charge in [0.25, 0.3) is 0 Å². The maximum absolute atomic E-state index is 11.7. The number of nitrogens with one attached hydrogen (secondary N) is 2. The van der Waals surface area contributed by atoms with Gasteiger partial charge < -0.3 is 30.1 Å². The fourth-order valence-corrected chi connectivity index (χ4v) is 1.91. The largest absolute Gasteiger partial charge is 0.508 e. The summed E-state index contributed by atoms with van der Waals surface area (Å²) in [5, 5.41) is 28.1. The Bertz CT molecular complexity index is 661. The van der Waals surface area contributed by atoms with E-state index in [1.807, 2.05) is 0 Å². The molecule has 24 heavy (non-hydrogen) atoms. The van der Waals surface area contributed by atoms with Gasteiger partial charge in [-0.15, -0.1) is 0 Å². The highest BCUT2D eigenvalue weighted by atomic mass is 16.5. The summed E-state index contributed by atoms with van der Waals surface area (Å²) in [5.41, 5.74) is 0.509. The highest BCUT2D eigenvalue weighted by Crippen LogP contribution is 2.17. The lowest BCUT2D eigenvalue weighted by atomic mass is 10.1. The number of aliphatic hydroxyl groups excluding tert-OH is 1. The van der Waals surface area contributed by atoms with Crippen molar-refractivity contribution in [3.8, 4) is 5.75 Å². The first-order valence-corrected chi connectivity index (χ1v) is 7.37. The van der Waals surface area contributed by atoms with Crippen molar-refractivity contribution in [3.63, 3.8) is 0 Å². The second-order valence-electron chi connectivity index (χ2n) is 5.02. The molecule has 0 aliphatic heterocycles. The van der Waals surface area contributed by atoms with Gasteiger partial charge in [-0.1, -0.05) is 17.3 Å². The number of phenolic OH excluding ortho intramolecular Hbond substituents is 1. The van der Waals surface area contributed by atoms with Crippen LogP contribution in [-0.2, 0) is 17.7 Å². The third kappa shape index (κ3) is 5.52. The van der Waals surface area contributed by atoms with Crippen molar-refractivity contribution >= 4 is 6.03 Å². The van der Waals surface area contributed by atoms with Gasteiger partial charge in [0.15, 0.2) is 5.82 Å². The molecule has 0 aliphatic carbocycles. The number of methoxy groups -OCH3 is 1. The summed E-state index contributed by atoms with van der Waals surface area (Å²) in [5.74, 6) is 0.842. The number of amides is 2. The third-order valence-corrected chi connectivity index (χ3v) is 3.15. The van der Waals surface area contributed by atoms with Gasteiger partial charge in [-0.3, -0.25) is 0 Å². The Kier molecular flexibility index (Phi) is 6.52. The molecule has 1 atom stereocenters. The molecule has 9 heteroatoms. The molecule has 0 aliphatic rings. The van der Waals surface area contributed by atoms with Gasteiger partial charge in [0, 0.05) is 20.1 Å². The number of phenols is 1. The number of aromatic hydroxyl groups is 1. The SMILES string of the molecule is COCCc1noc(CNC(=O)NC[C@@H](O)c2cccc(O)c2)n1. The fraction of sp³-hybridized carbons (Fsp3) is 0.400. The fourth-order valence-electron chi connectivity index (χ4n) is 1.91. The Labute approximate surface area is 138 Å². The molecule has 0 bridgehead atoms. The minimum atomic E-state index is -0.924. The maximum Gasteiger partial charge on any atom is 0.315 e. The number of carbonyl (C=O) groups is 1. The number of benzene rings is 1. The van der Waals surface area contributed by atoms with Crippen LogP contribution in [0.4, 0.5) is 4.79 Å². The van der Waals surface area contributed by atoms with Gasteiger partial charge >= 0.3 is 6.03 Å². The van der Waals surface area contributed by atoms with E-state index in [-0.39, 0.29) is 24.7 Å². The van der Waals surface area contributed by atoms with Crippen LogP contribution >= 0.6 is 0 Å². The van der Waals surface area contributed by atoms with Crippen LogP contribution in [0.2, 0.25) is 0 Å². The van der Waals surface area contributed by atoms with E-state index in [9.17, 15) is 15.0 Å². The highest BCUT2D eigenvalue weighted by molar-refractivity contribution is 5.73. The molecule has 0 saturated carbocycles. The minimum absolute atomic E-state index is 0.00178. The molecule has 1 heterocycles. The molecule has 1 aromatic carbocycles.